The lowest BCUT2D eigenvalue weighted by molar-refractivity contribution is 0.314. The minimum absolute atomic E-state index is 0.244. The van der Waals surface area contributed by atoms with Crippen molar-refractivity contribution < 1.29 is 8.42 Å². The van der Waals surface area contributed by atoms with Crippen LogP contribution in [-0.2, 0) is 29.4 Å². The van der Waals surface area contributed by atoms with Gasteiger partial charge in [-0.1, -0.05) is 12.2 Å². The molecule has 7 nitrogen and oxygen atoms in total. The maximum atomic E-state index is 13.2. The van der Waals surface area contributed by atoms with E-state index in [4.69, 9.17) is 4.98 Å². The van der Waals surface area contributed by atoms with Crippen LogP contribution in [0.3, 0.4) is 0 Å². The van der Waals surface area contributed by atoms with Gasteiger partial charge in [0.15, 0.2) is 0 Å². The van der Waals surface area contributed by atoms with E-state index in [1.54, 1.807) is 30.6 Å². The number of hydrogen-bond donors (Lipinski definition) is 1. The van der Waals surface area contributed by atoms with E-state index < -0.39 is 10.0 Å². The lowest BCUT2D eigenvalue weighted by Gasteiger charge is -2.20. The maximum absolute atomic E-state index is 13.2. The molecule has 1 N–H and O–H groups in total. The first kappa shape index (κ1) is 20.2. The SMILES string of the molecule is C=C(Cc1nc2c(s1)CN(C)CC2)CN(C)S(=O)(=O)c1cc(C)cc2cn[nH]c12. The first-order chi connectivity index (χ1) is 13.7. The summed E-state index contributed by atoms with van der Waals surface area (Å²) in [5.74, 6) is 0. The molecule has 3 heterocycles. The molecule has 0 spiro atoms. The van der Waals surface area contributed by atoms with Crippen molar-refractivity contribution in [3.8, 4) is 0 Å². The van der Waals surface area contributed by atoms with Gasteiger partial charge < -0.3 is 4.90 Å². The molecule has 0 saturated heterocycles. The van der Waals surface area contributed by atoms with Crippen LogP contribution in [0, 0.1) is 6.92 Å². The molecule has 0 atom stereocenters. The summed E-state index contributed by atoms with van der Waals surface area (Å²) in [7, 11) is 0.0270. The molecule has 1 aliphatic heterocycles. The van der Waals surface area contributed by atoms with Crippen molar-refractivity contribution in [2.45, 2.75) is 31.2 Å². The highest BCUT2D eigenvalue weighted by atomic mass is 32.2. The van der Waals surface area contributed by atoms with Gasteiger partial charge in [-0.3, -0.25) is 5.10 Å². The number of H-pyrrole nitrogens is 1. The molecular weight excluding hydrogens is 406 g/mol. The molecule has 0 saturated carbocycles. The lowest BCUT2D eigenvalue weighted by atomic mass is 10.2. The number of aromatic nitrogens is 3. The summed E-state index contributed by atoms with van der Waals surface area (Å²) in [6.45, 7) is 8.20. The van der Waals surface area contributed by atoms with Crippen molar-refractivity contribution in [3.05, 3.63) is 51.6 Å². The number of hydrogen-bond acceptors (Lipinski definition) is 6. The quantitative estimate of drug-likeness (QED) is 0.607. The molecular formula is C20H25N5O2S2. The zero-order valence-electron chi connectivity index (χ0n) is 16.9. The van der Waals surface area contributed by atoms with Crippen molar-refractivity contribution >= 4 is 32.3 Å². The van der Waals surface area contributed by atoms with Crippen molar-refractivity contribution in [1.82, 2.24) is 24.4 Å². The fourth-order valence-electron chi connectivity index (χ4n) is 3.66. The van der Waals surface area contributed by atoms with Gasteiger partial charge in [0.2, 0.25) is 10.0 Å². The standard InChI is InChI=1S/C20H25N5O2S2/c1-13-7-15-10-21-23-20(15)18(8-13)29(26,27)25(4)11-14(2)9-19-22-16-5-6-24(3)12-17(16)28-19/h7-8,10H,2,5-6,9,11-12H2,1,3-4H3,(H,21,23). The molecule has 9 heteroatoms. The summed E-state index contributed by atoms with van der Waals surface area (Å²) < 4.78 is 27.7. The number of fused-ring (bicyclic) bond motifs is 2. The predicted octanol–water partition coefficient (Wildman–Crippen LogP) is 2.74. The number of aryl methyl sites for hydroxylation is 1. The van der Waals surface area contributed by atoms with Gasteiger partial charge in [-0.25, -0.2) is 13.4 Å². The number of aromatic amines is 1. The molecule has 0 bridgehead atoms. The van der Waals surface area contributed by atoms with Crippen LogP contribution in [0.1, 0.15) is 21.1 Å². The monoisotopic (exact) mass is 431 g/mol. The second-order valence-electron chi connectivity index (χ2n) is 7.75. The van der Waals surface area contributed by atoms with E-state index in [1.807, 2.05) is 13.0 Å². The summed E-state index contributed by atoms with van der Waals surface area (Å²) in [6, 6.07) is 3.60. The van der Waals surface area contributed by atoms with Crippen molar-refractivity contribution in [3.63, 3.8) is 0 Å². The highest BCUT2D eigenvalue weighted by molar-refractivity contribution is 7.89. The summed E-state index contributed by atoms with van der Waals surface area (Å²) in [6.07, 6.45) is 3.20. The van der Waals surface area contributed by atoms with Crippen molar-refractivity contribution in [2.75, 3.05) is 27.2 Å². The Labute approximate surface area is 175 Å². The van der Waals surface area contributed by atoms with Crippen LogP contribution in [0.2, 0.25) is 0 Å². The fraction of sp³-hybridized carbons (Fsp3) is 0.400. The number of nitrogens with one attached hydrogen (secondary N) is 1. The van der Waals surface area contributed by atoms with E-state index in [1.165, 1.54) is 14.9 Å². The Morgan fingerprint density at radius 1 is 1.41 bits per heavy atom. The molecule has 0 amide bonds. The van der Waals surface area contributed by atoms with E-state index >= 15 is 0 Å². The summed E-state index contributed by atoms with van der Waals surface area (Å²) in [5, 5.41) is 8.60. The molecule has 3 aromatic rings. The molecule has 154 valence electrons. The van der Waals surface area contributed by atoms with Gasteiger partial charge in [0, 0.05) is 49.8 Å². The van der Waals surface area contributed by atoms with Gasteiger partial charge in [0.1, 0.15) is 4.90 Å². The number of benzene rings is 1. The van der Waals surface area contributed by atoms with E-state index in [9.17, 15) is 8.42 Å². The van der Waals surface area contributed by atoms with Crippen LogP contribution in [0.5, 0.6) is 0 Å². The van der Waals surface area contributed by atoms with E-state index in [-0.39, 0.29) is 11.4 Å². The van der Waals surface area contributed by atoms with Crippen LogP contribution < -0.4 is 0 Å². The van der Waals surface area contributed by atoms with Crippen LogP contribution in [0.25, 0.3) is 10.9 Å². The molecule has 0 unspecified atom stereocenters. The lowest BCUT2D eigenvalue weighted by Crippen LogP contribution is -2.29. The fourth-order valence-corrected chi connectivity index (χ4v) is 6.37. The molecule has 29 heavy (non-hydrogen) atoms. The highest BCUT2D eigenvalue weighted by Crippen LogP contribution is 2.28. The maximum Gasteiger partial charge on any atom is 0.245 e. The Bertz CT molecular complexity index is 1180. The minimum atomic E-state index is -3.68. The van der Waals surface area contributed by atoms with Crippen molar-refractivity contribution in [2.24, 2.45) is 0 Å². The van der Waals surface area contributed by atoms with Gasteiger partial charge in [-0.05, 0) is 31.7 Å². The van der Waals surface area contributed by atoms with Gasteiger partial charge in [-0.2, -0.15) is 9.40 Å². The van der Waals surface area contributed by atoms with E-state index in [2.05, 4.69) is 28.7 Å². The molecule has 0 aliphatic carbocycles. The van der Waals surface area contributed by atoms with Gasteiger partial charge in [-0.15, -0.1) is 11.3 Å². The van der Waals surface area contributed by atoms with Gasteiger partial charge in [0.25, 0.3) is 0 Å². The third kappa shape index (κ3) is 4.00. The average molecular weight is 432 g/mol. The number of rotatable bonds is 6. The van der Waals surface area contributed by atoms with Crippen LogP contribution in [-0.4, -0.2) is 60.0 Å². The van der Waals surface area contributed by atoms with E-state index in [0.29, 0.717) is 11.9 Å². The van der Waals surface area contributed by atoms with E-state index in [0.717, 1.165) is 41.0 Å². The number of nitrogens with zero attached hydrogens (tertiary/aromatic N) is 4. The normalized spacial score (nSPS) is 15.2. The van der Waals surface area contributed by atoms with Gasteiger partial charge in [0.05, 0.1) is 22.4 Å². The summed E-state index contributed by atoms with van der Waals surface area (Å²) in [5.41, 5.74) is 3.41. The zero-order valence-corrected chi connectivity index (χ0v) is 18.5. The van der Waals surface area contributed by atoms with Gasteiger partial charge >= 0.3 is 0 Å². The third-order valence-corrected chi connectivity index (χ3v) is 8.07. The number of likely N-dealkylation sites (N-methyl/N-ethyl adjacent to an activating group) is 2. The smallest absolute Gasteiger partial charge is 0.245 e. The number of sulfonamides is 1. The zero-order chi connectivity index (χ0) is 20.8. The van der Waals surface area contributed by atoms with Crippen LogP contribution in [0.4, 0.5) is 0 Å². The molecule has 0 fully saturated rings. The Balaban J connectivity index is 1.50. The molecule has 1 aliphatic rings. The first-order valence-corrected chi connectivity index (χ1v) is 11.7. The average Bonchev–Trinajstić information content (AvgIpc) is 3.26. The second kappa shape index (κ2) is 7.64. The Morgan fingerprint density at radius 3 is 3.00 bits per heavy atom. The Hall–Kier alpha value is -2.07. The van der Waals surface area contributed by atoms with Crippen LogP contribution in [0.15, 0.2) is 35.4 Å². The minimum Gasteiger partial charge on any atom is -0.301 e. The molecule has 1 aromatic carbocycles. The number of thiazole rings is 1. The Kier molecular flexibility index (Phi) is 5.32. The van der Waals surface area contributed by atoms with Crippen LogP contribution >= 0.6 is 11.3 Å². The molecule has 2 aromatic heterocycles. The largest absolute Gasteiger partial charge is 0.301 e. The second-order valence-corrected chi connectivity index (χ2v) is 10.9. The Morgan fingerprint density at radius 2 is 2.21 bits per heavy atom. The van der Waals surface area contributed by atoms with Crippen molar-refractivity contribution in [1.29, 1.82) is 0 Å². The third-order valence-electron chi connectivity index (χ3n) is 5.16. The highest BCUT2D eigenvalue weighted by Gasteiger charge is 2.25. The topological polar surface area (TPSA) is 82.2 Å². The predicted molar refractivity (Wildman–Crippen MR) is 116 cm³/mol. The first-order valence-electron chi connectivity index (χ1n) is 9.47. The summed E-state index contributed by atoms with van der Waals surface area (Å²) >= 11 is 1.71. The molecule has 4 rings (SSSR count). The summed E-state index contributed by atoms with van der Waals surface area (Å²) in [4.78, 5) is 8.59. The molecule has 0 radical (unpaired) electrons.